The summed E-state index contributed by atoms with van der Waals surface area (Å²) in [5.41, 5.74) is 10.3. The maximum Gasteiger partial charge on any atom is 0.325 e. The van der Waals surface area contributed by atoms with E-state index < -0.39 is 42.1 Å². The van der Waals surface area contributed by atoms with E-state index >= 15 is 0 Å². The number of rotatable bonds is 9. The summed E-state index contributed by atoms with van der Waals surface area (Å²) in [5, 5.41) is 2.38. The van der Waals surface area contributed by atoms with Gasteiger partial charge in [-0.15, -0.1) is 0 Å². The number of ether oxygens (including phenoxy) is 1. The average Bonchev–Trinajstić information content (AvgIpc) is 3.41. The number of nitrogens with zero attached hydrogens (tertiary/aromatic N) is 2. The van der Waals surface area contributed by atoms with E-state index in [1.807, 2.05) is 0 Å². The first kappa shape index (κ1) is 25.4. The average molecular weight is 504 g/mol. The Labute approximate surface area is 203 Å². The number of carbonyl (C=O) groups is 4. The van der Waals surface area contributed by atoms with Crippen LogP contribution in [0.5, 0.6) is 0 Å². The highest BCUT2D eigenvalue weighted by Crippen LogP contribution is 2.34. The number of hydrogen-bond acceptors (Lipinski definition) is 9. The minimum atomic E-state index is -1.57. The van der Waals surface area contributed by atoms with Crippen molar-refractivity contribution >= 4 is 46.6 Å². The van der Waals surface area contributed by atoms with Crippen LogP contribution in [0, 0.1) is 12.7 Å². The highest BCUT2D eigenvalue weighted by Gasteiger charge is 2.39. The molecular formula is C22H22FN5O6S. The molecule has 2 aromatic heterocycles. The number of nitrogens with two attached hydrogens (primary N) is 2. The van der Waals surface area contributed by atoms with Crippen molar-refractivity contribution in [1.29, 1.82) is 0 Å². The van der Waals surface area contributed by atoms with Crippen LogP contribution in [0.15, 0.2) is 40.8 Å². The molecular weight excluding hydrogens is 481 g/mol. The standard InChI is InChI=1S/C22H22FN5O6S/c1-3-33-15(29)10-26-21(31)18(14-9-8-11(2)34-14)28(13-7-5-4-6-12(13)23)22(32)19-16(24)17(20(25)30)27-35-19/h4-9,18H,3,10,24H2,1-2H3,(H2,25,30)(H,26,31)/t18-/m1/s1. The summed E-state index contributed by atoms with van der Waals surface area (Å²) in [4.78, 5) is 51.0. The number of carbonyl (C=O) groups excluding carboxylic acids is 4. The molecule has 3 aromatic rings. The zero-order valence-corrected chi connectivity index (χ0v) is 19.6. The number of anilines is 2. The molecule has 184 valence electrons. The molecule has 0 bridgehead atoms. The Kier molecular flexibility index (Phi) is 7.81. The SMILES string of the molecule is CCOC(=O)CNC(=O)[C@@H](c1ccc(C)o1)N(C(=O)c1snc(C(N)=O)c1N)c1ccccc1F. The predicted octanol–water partition coefficient (Wildman–Crippen LogP) is 1.93. The molecule has 3 rings (SSSR count). The van der Waals surface area contributed by atoms with Gasteiger partial charge in [0.05, 0.1) is 18.0 Å². The van der Waals surface area contributed by atoms with E-state index in [1.54, 1.807) is 19.9 Å². The van der Waals surface area contributed by atoms with Crippen LogP contribution < -0.4 is 21.7 Å². The van der Waals surface area contributed by atoms with Gasteiger partial charge in [0.2, 0.25) is 0 Å². The number of halogens is 1. The van der Waals surface area contributed by atoms with Gasteiger partial charge in [-0.1, -0.05) is 12.1 Å². The second kappa shape index (κ2) is 10.8. The van der Waals surface area contributed by atoms with Gasteiger partial charge >= 0.3 is 5.97 Å². The largest absolute Gasteiger partial charge is 0.465 e. The van der Waals surface area contributed by atoms with Crippen LogP contribution in [-0.2, 0) is 14.3 Å². The number of nitrogens with one attached hydrogen (secondary N) is 1. The van der Waals surface area contributed by atoms with E-state index in [9.17, 15) is 23.6 Å². The summed E-state index contributed by atoms with van der Waals surface area (Å²) in [5.74, 6) is -3.90. The van der Waals surface area contributed by atoms with E-state index in [0.29, 0.717) is 17.3 Å². The number of amides is 3. The molecule has 0 aliphatic heterocycles. The van der Waals surface area contributed by atoms with Crippen molar-refractivity contribution in [3.05, 3.63) is 64.3 Å². The molecule has 11 nitrogen and oxygen atoms in total. The number of aryl methyl sites for hydroxylation is 1. The Morgan fingerprint density at radius 2 is 1.94 bits per heavy atom. The van der Waals surface area contributed by atoms with Crippen molar-refractivity contribution in [3.63, 3.8) is 0 Å². The van der Waals surface area contributed by atoms with Crippen molar-refractivity contribution in [2.45, 2.75) is 19.9 Å². The third kappa shape index (κ3) is 5.46. The number of nitrogen functional groups attached to an aromatic ring is 1. The van der Waals surface area contributed by atoms with Crippen LogP contribution in [0.1, 0.15) is 44.6 Å². The highest BCUT2D eigenvalue weighted by atomic mass is 32.1. The molecule has 2 heterocycles. The molecule has 0 radical (unpaired) electrons. The number of furan rings is 1. The maximum absolute atomic E-state index is 15.0. The normalized spacial score (nSPS) is 11.5. The van der Waals surface area contributed by atoms with Crippen molar-refractivity contribution < 1.29 is 32.7 Å². The van der Waals surface area contributed by atoms with Crippen LogP contribution in [0.3, 0.4) is 0 Å². The Balaban J connectivity index is 2.14. The van der Waals surface area contributed by atoms with E-state index in [1.165, 1.54) is 24.3 Å². The maximum atomic E-state index is 15.0. The topological polar surface area (TPSA) is 171 Å². The quantitative estimate of drug-likeness (QED) is 0.372. The molecule has 35 heavy (non-hydrogen) atoms. The van der Waals surface area contributed by atoms with E-state index in [-0.39, 0.29) is 34.3 Å². The van der Waals surface area contributed by atoms with Gasteiger partial charge in [0, 0.05) is 0 Å². The van der Waals surface area contributed by atoms with Gasteiger partial charge in [-0.3, -0.25) is 24.1 Å². The van der Waals surface area contributed by atoms with E-state index in [2.05, 4.69) is 9.69 Å². The minimum absolute atomic E-state index is 0.0151. The fourth-order valence-electron chi connectivity index (χ4n) is 3.19. The number of benzene rings is 1. The summed E-state index contributed by atoms with van der Waals surface area (Å²) >= 11 is 0.570. The molecule has 1 atom stereocenters. The summed E-state index contributed by atoms with van der Waals surface area (Å²) in [6.07, 6.45) is 0. The van der Waals surface area contributed by atoms with Crippen molar-refractivity contribution in [2.75, 3.05) is 23.8 Å². The van der Waals surface area contributed by atoms with Gasteiger partial charge in [-0.05, 0) is 49.6 Å². The van der Waals surface area contributed by atoms with E-state index in [0.717, 1.165) is 11.0 Å². The van der Waals surface area contributed by atoms with Gasteiger partial charge < -0.3 is 25.9 Å². The van der Waals surface area contributed by atoms with E-state index in [4.69, 9.17) is 20.6 Å². The van der Waals surface area contributed by atoms with Gasteiger partial charge in [0.1, 0.15) is 28.8 Å². The third-order valence-electron chi connectivity index (χ3n) is 4.74. The second-order valence-electron chi connectivity index (χ2n) is 7.14. The lowest BCUT2D eigenvalue weighted by Gasteiger charge is -2.29. The zero-order chi connectivity index (χ0) is 25.7. The molecule has 0 spiro atoms. The lowest BCUT2D eigenvalue weighted by Crippen LogP contribution is -2.45. The zero-order valence-electron chi connectivity index (χ0n) is 18.7. The first-order valence-corrected chi connectivity index (χ1v) is 11.1. The number of esters is 1. The van der Waals surface area contributed by atoms with Gasteiger partial charge in [0.25, 0.3) is 17.7 Å². The highest BCUT2D eigenvalue weighted by molar-refractivity contribution is 7.09. The van der Waals surface area contributed by atoms with Crippen molar-refractivity contribution in [3.8, 4) is 0 Å². The molecule has 1 aromatic carbocycles. The van der Waals surface area contributed by atoms with Crippen molar-refractivity contribution in [1.82, 2.24) is 9.69 Å². The molecule has 5 N–H and O–H groups in total. The van der Waals surface area contributed by atoms with Crippen LogP contribution in [-0.4, -0.2) is 41.2 Å². The lowest BCUT2D eigenvalue weighted by atomic mass is 10.1. The van der Waals surface area contributed by atoms with Crippen LogP contribution >= 0.6 is 11.5 Å². The van der Waals surface area contributed by atoms with Gasteiger partial charge in [-0.25, -0.2) is 4.39 Å². The Morgan fingerprint density at radius 1 is 1.23 bits per heavy atom. The van der Waals surface area contributed by atoms with Gasteiger partial charge in [-0.2, -0.15) is 4.37 Å². The van der Waals surface area contributed by atoms with Crippen LogP contribution in [0.25, 0.3) is 0 Å². The van der Waals surface area contributed by atoms with Gasteiger partial charge in [0.15, 0.2) is 11.7 Å². The third-order valence-corrected chi connectivity index (χ3v) is 5.59. The first-order chi connectivity index (χ1) is 16.6. The molecule has 3 amide bonds. The number of para-hydroxylation sites is 1. The predicted molar refractivity (Wildman–Crippen MR) is 124 cm³/mol. The fraction of sp³-hybridized carbons (Fsp3) is 0.227. The summed E-state index contributed by atoms with van der Waals surface area (Å²) in [6.45, 7) is 2.82. The second-order valence-corrected chi connectivity index (χ2v) is 7.91. The molecule has 13 heteroatoms. The Morgan fingerprint density at radius 3 is 2.51 bits per heavy atom. The minimum Gasteiger partial charge on any atom is -0.465 e. The Hall–Kier alpha value is -4.26. The van der Waals surface area contributed by atoms with Crippen LogP contribution in [0.4, 0.5) is 15.8 Å². The number of primary amides is 1. The summed E-state index contributed by atoms with van der Waals surface area (Å²) in [7, 11) is 0. The molecule has 0 aliphatic carbocycles. The molecule has 0 fully saturated rings. The van der Waals surface area contributed by atoms with Crippen molar-refractivity contribution in [2.24, 2.45) is 5.73 Å². The molecule has 0 unspecified atom stereocenters. The smallest absolute Gasteiger partial charge is 0.325 e. The summed E-state index contributed by atoms with van der Waals surface area (Å²) < 4.78 is 29.2. The summed E-state index contributed by atoms with van der Waals surface area (Å²) in [6, 6.07) is 6.67. The monoisotopic (exact) mass is 503 g/mol. The first-order valence-electron chi connectivity index (χ1n) is 10.3. The number of aromatic nitrogens is 1. The fourth-order valence-corrected chi connectivity index (χ4v) is 3.94. The Bertz CT molecular complexity index is 1270. The van der Waals surface area contributed by atoms with Crippen LogP contribution in [0.2, 0.25) is 0 Å². The molecule has 0 aliphatic rings. The molecule has 0 saturated carbocycles. The lowest BCUT2D eigenvalue weighted by molar-refractivity contribution is -0.143. The number of hydrogen-bond donors (Lipinski definition) is 3. The molecule has 0 saturated heterocycles.